The van der Waals surface area contributed by atoms with Gasteiger partial charge in [-0.2, -0.15) is 0 Å². The third-order valence-corrected chi connectivity index (χ3v) is 4.76. The third kappa shape index (κ3) is 13.2. The van der Waals surface area contributed by atoms with Gasteiger partial charge in [-0.05, 0) is 32.1 Å². The molecule has 2 atom stereocenters. The van der Waals surface area contributed by atoms with E-state index in [0.717, 1.165) is 6.42 Å². The van der Waals surface area contributed by atoms with Gasteiger partial charge in [-0.1, -0.05) is 34.1 Å². The number of hydrogen-bond acceptors (Lipinski definition) is 6. The summed E-state index contributed by atoms with van der Waals surface area (Å²) in [6.45, 7) is 13.9. The number of rotatable bonds is 16. The largest absolute Gasteiger partial charge is 0.453 e. The summed E-state index contributed by atoms with van der Waals surface area (Å²) in [4.78, 5) is 38.8. The second-order valence-electron chi connectivity index (χ2n) is 8.01. The van der Waals surface area contributed by atoms with Crippen LogP contribution in [-0.2, 0) is 23.8 Å². The Bertz CT molecular complexity index is 523. The zero-order valence-electron chi connectivity index (χ0n) is 20.4. The first-order chi connectivity index (χ1) is 14.7. The van der Waals surface area contributed by atoms with Gasteiger partial charge in [0.1, 0.15) is 6.04 Å². The minimum Gasteiger partial charge on any atom is -0.453 e. The van der Waals surface area contributed by atoms with Crippen molar-refractivity contribution < 1.29 is 28.6 Å². The summed E-state index contributed by atoms with van der Waals surface area (Å²) >= 11 is 0. The summed E-state index contributed by atoms with van der Waals surface area (Å²) in [6.07, 6.45) is 0.392. The summed E-state index contributed by atoms with van der Waals surface area (Å²) in [7, 11) is 1.26. The lowest BCUT2D eigenvalue weighted by Gasteiger charge is -2.33. The van der Waals surface area contributed by atoms with Crippen molar-refractivity contribution in [1.82, 2.24) is 15.5 Å². The monoisotopic (exact) mass is 445 g/mol. The Morgan fingerprint density at radius 1 is 0.968 bits per heavy atom. The zero-order chi connectivity index (χ0) is 23.8. The summed E-state index contributed by atoms with van der Waals surface area (Å²) in [6, 6.07) is -0.654. The Kier molecular flexibility index (Phi) is 15.8. The van der Waals surface area contributed by atoms with Crippen LogP contribution in [0, 0.1) is 11.8 Å². The number of methoxy groups -OCH3 is 1. The molecule has 0 aliphatic rings. The van der Waals surface area contributed by atoms with E-state index in [-0.39, 0.29) is 30.7 Å². The molecule has 0 aromatic heterocycles. The van der Waals surface area contributed by atoms with Crippen molar-refractivity contribution in [3.8, 4) is 0 Å². The summed E-state index contributed by atoms with van der Waals surface area (Å²) in [5.74, 6) is 0.0627. The van der Waals surface area contributed by atoms with Gasteiger partial charge in [-0.25, -0.2) is 4.79 Å². The van der Waals surface area contributed by atoms with Crippen LogP contribution >= 0.6 is 0 Å². The quantitative estimate of drug-likeness (QED) is 0.354. The average molecular weight is 446 g/mol. The highest BCUT2D eigenvalue weighted by Gasteiger charge is 2.29. The van der Waals surface area contributed by atoms with E-state index in [1.54, 1.807) is 4.90 Å². The molecule has 0 rings (SSSR count). The van der Waals surface area contributed by atoms with Crippen LogP contribution in [0.5, 0.6) is 0 Å². The highest BCUT2D eigenvalue weighted by atomic mass is 16.7. The van der Waals surface area contributed by atoms with Crippen molar-refractivity contribution in [2.45, 2.75) is 73.1 Å². The van der Waals surface area contributed by atoms with E-state index in [1.165, 1.54) is 7.11 Å². The van der Waals surface area contributed by atoms with E-state index in [1.807, 2.05) is 27.7 Å². The number of carbonyl (C=O) groups excluding carboxylic acids is 3. The first-order valence-electron chi connectivity index (χ1n) is 11.3. The SMILES string of the molecule is CCOC(CN(CC(C)CC)C(=O)C(CC(C)C)NC(=O)CCNC(=O)OC)OCC. The van der Waals surface area contributed by atoms with Crippen molar-refractivity contribution >= 4 is 17.9 Å². The molecular weight excluding hydrogens is 402 g/mol. The van der Waals surface area contributed by atoms with Gasteiger partial charge in [-0.15, -0.1) is 0 Å². The second kappa shape index (κ2) is 16.8. The van der Waals surface area contributed by atoms with E-state index in [4.69, 9.17) is 9.47 Å². The number of alkyl carbamates (subject to hydrolysis) is 1. The van der Waals surface area contributed by atoms with Crippen molar-refractivity contribution in [3.63, 3.8) is 0 Å². The Balaban J connectivity index is 5.32. The molecule has 0 radical (unpaired) electrons. The molecule has 0 aliphatic heterocycles. The van der Waals surface area contributed by atoms with Crippen LogP contribution in [0.2, 0.25) is 0 Å². The van der Waals surface area contributed by atoms with Crippen LogP contribution in [-0.4, -0.2) is 75.1 Å². The van der Waals surface area contributed by atoms with Gasteiger partial charge in [0, 0.05) is 32.7 Å². The van der Waals surface area contributed by atoms with Crippen molar-refractivity contribution in [1.29, 1.82) is 0 Å². The minimum absolute atomic E-state index is 0.0584. The lowest BCUT2D eigenvalue weighted by atomic mass is 10.0. The van der Waals surface area contributed by atoms with E-state index in [0.29, 0.717) is 38.6 Å². The standard InChI is InChI=1S/C22H43N3O6/c1-8-17(6)14-25(15-20(30-9-2)31-10-3)21(27)18(13-16(4)5)24-19(26)11-12-23-22(28)29-7/h16-18,20H,8-15H2,1-7H3,(H,23,28)(H,24,26). The van der Waals surface area contributed by atoms with Crippen LogP contribution in [0.3, 0.4) is 0 Å². The molecule has 0 aromatic carbocycles. The molecule has 2 N–H and O–H groups in total. The normalized spacial score (nSPS) is 13.1. The molecular formula is C22H43N3O6. The molecule has 0 bridgehead atoms. The van der Waals surface area contributed by atoms with E-state index in [9.17, 15) is 14.4 Å². The minimum atomic E-state index is -0.654. The van der Waals surface area contributed by atoms with Crippen molar-refractivity contribution in [2.75, 3.05) is 40.0 Å². The van der Waals surface area contributed by atoms with Crippen LogP contribution < -0.4 is 10.6 Å². The molecule has 182 valence electrons. The second-order valence-corrected chi connectivity index (χ2v) is 8.01. The molecule has 0 aromatic rings. The fourth-order valence-electron chi connectivity index (χ4n) is 3.00. The molecule has 9 heteroatoms. The highest BCUT2D eigenvalue weighted by molar-refractivity contribution is 5.88. The molecule has 0 aliphatic carbocycles. The molecule has 0 fully saturated rings. The Hall–Kier alpha value is -1.87. The summed E-state index contributed by atoms with van der Waals surface area (Å²) < 4.78 is 15.8. The van der Waals surface area contributed by atoms with Gasteiger partial charge < -0.3 is 29.7 Å². The van der Waals surface area contributed by atoms with Gasteiger partial charge in [0.05, 0.1) is 13.7 Å². The Morgan fingerprint density at radius 3 is 2.06 bits per heavy atom. The lowest BCUT2D eigenvalue weighted by molar-refractivity contribution is -0.161. The van der Waals surface area contributed by atoms with Crippen LogP contribution in [0.15, 0.2) is 0 Å². The van der Waals surface area contributed by atoms with Gasteiger partial charge in [0.2, 0.25) is 11.8 Å². The molecule has 0 saturated heterocycles. The fraction of sp³-hybridized carbons (Fsp3) is 0.864. The number of amides is 3. The lowest BCUT2D eigenvalue weighted by Crippen LogP contribution is -2.52. The Labute approximate surface area is 187 Å². The van der Waals surface area contributed by atoms with E-state index in [2.05, 4.69) is 29.2 Å². The number of nitrogens with one attached hydrogen (secondary N) is 2. The number of carbonyl (C=O) groups is 3. The topological polar surface area (TPSA) is 106 Å². The smallest absolute Gasteiger partial charge is 0.406 e. The number of ether oxygens (including phenoxy) is 3. The molecule has 0 spiro atoms. The highest BCUT2D eigenvalue weighted by Crippen LogP contribution is 2.13. The van der Waals surface area contributed by atoms with Gasteiger partial charge in [0.15, 0.2) is 6.29 Å². The maximum absolute atomic E-state index is 13.4. The first kappa shape index (κ1) is 29.1. The van der Waals surface area contributed by atoms with Gasteiger partial charge in [0.25, 0.3) is 0 Å². The van der Waals surface area contributed by atoms with Gasteiger partial charge in [-0.3, -0.25) is 9.59 Å². The van der Waals surface area contributed by atoms with Crippen molar-refractivity contribution in [3.05, 3.63) is 0 Å². The zero-order valence-corrected chi connectivity index (χ0v) is 20.4. The van der Waals surface area contributed by atoms with Crippen LogP contribution in [0.1, 0.15) is 60.8 Å². The van der Waals surface area contributed by atoms with Crippen LogP contribution in [0.25, 0.3) is 0 Å². The molecule has 3 amide bonds. The molecule has 31 heavy (non-hydrogen) atoms. The molecule has 9 nitrogen and oxygen atoms in total. The van der Waals surface area contributed by atoms with Crippen LogP contribution in [0.4, 0.5) is 4.79 Å². The van der Waals surface area contributed by atoms with Crippen molar-refractivity contribution in [2.24, 2.45) is 11.8 Å². The fourth-order valence-corrected chi connectivity index (χ4v) is 3.00. The maximum Gasteiger partial charge on any atom is 0.406 e. The predicted octanol–water partition coefficient (Wildman–Crippen LogP) is 2.54. The van der Waals surface area contributed by atoms with E-state index < -0.39 is 18.4 Å². The molecule has 2 unspecified atom stereocenters. The predicted molar refractivity (Wildman–Crippen MR) is 119 cm³/mol. The Morgan fingerprint density at radius 2 is 1.58 bits per heavy atom. The third-order valence-electron chi connectivity index (χ3n) is 4.76. The summed E-state index contributed by atoms with van der Waals surface area (Å²) in [5, 5.41) is 5.31. The number of hydrogen-bond donors (Lipinski definition) is 2. The summed E-state index contributed by atoms with van der Waals surface area (Å²) in [5.41, 5.74) is 0. The first-order valence-corrected chi connectivity index (χ1v) is 11.3. The van der Waals surface area contributed by atoms with Gasteiger partial charge >= 0.3 is 6.09 Å². The average Bonchev–Trinajstić information content (AvgIpc) is 2.71. The molecule has 0 saturated carbocycles. The van der Waals surface area contributed by atoms with E-state index >= 15 is 0 Å². The number of nitrogens with zero attached hydrogens (tertiary/aromatic N) is 1. The maximum atomic E-state index is 13.4. The molecule has 0 heterocycles.